The second kappa shape index (κ2) is 7.63. The van der Waals surface area contributed by atoms with Crippen LogP contribution in [0.4, 0.5) is 5.82 Å². The van der Waals surface area contributed by atoms with Gasteiger partial charge < -0.3 is 11.1 Å². The van der Waals surface area contributed by atoms with Crippen molar-refractivity contribution in [1.29, 1.82) is 0 Å². The van der Waals surface area contributed by atoms with Gasteiger partial charge in [0.1, 0.15) is 5.82 Å². The fourth-order valence-corrected chi connectivity index (χ4v) is 2.51. The first kappa shape index (κ1) is 16.8. The third-order valence-electron chi connectivity index (χ3n) is 3.24. The highest BCUT2D eigenvalue weighted by Crippen LogP contribution is 2.22. The number of amides is 1. The van der Waals surface area contributed by atoms with Gasteiger partial charge in [0.15, 0.2) is 0 Å². The van der Waals surface area contributed by atoms with Crippen LogP contribution in [0, 0.1) is 0 Å². The molecule has 0 fully saturated rings. The number of nitrogens with one attached hydrogen (secondary N) is 1. The molecule has 0 saturated carbocycles. The van der Waals surface area contributed by atoms with Crippen LogP contribution in [0.15, 0.2) is 30.5 Å². The van der Waals surface area contributed by atoms with Gasteiger partial charge in [-0.05, 0) is 24.1 Å². The van der Waals surface area contributed by atoms with E-state index in [1.54, 1.807) is 29.1 Å². The van der Waals surface area contributed by atoms with Gasteiger partial charge >= 0.3 is 0 Å². The first-order chi connectivity index (χ1) is 10.5. The van der Waals surface area contributed by atoms with Crippen molar-refractivity contribution in [2.24, 2.45) is 5.73 Å². The van der Waals surface area contributed by atoms with E-state index in [1.165, 1.54) is 0 Å². The number of nitrogens with two attached hydrogens (primary N) is 1. The minimum atomic E-state index is -0.521. The molecule has 1 amide bonds. The fraction of sp³-hybridized carbons (Fsp3) is 0.333. The average molecular weight is 341 g/mol. The molecule has 0 aliphatic carbocycles. The first-order valence-corrected chi connectivity index (χ1v) is 7.79. The zero-order chi connectivity index (χ0) is 16.1. The summed E-state index contributed by atoms with van der Waals surface area (Å²) in [4.78, 5) is 12.0. The third-order valence-corrected chi connectivity index (χ3v) is 3.83. The molecule has 0 aliphatic rings. The maximum atomic E-state index is 12.0. The molecule has 0 radical (unpaired) electrons. The Balaban J connectivity index is 2.11. The lowest BCUT2D eigenvalue weighted by atomic mass is 10.2. The summed E-state index contributed by atoms with van der Waals surface area (Å²) in [7, 11) is 0. The Morgan fingerprint density at radius 1 is 1.41 bits per heavy atom. The van der Waals surface area contributed by atoms with Crippen LogP contribution in [0.1, 0.15) is 25.3 Å². The molecule has 1 atom stereocenters. The third kappa shape index (κ3) is 4.22. The fourth-order valence-electron chi connectivity index (χ4n) is 2.04. The number of hydrogen-bond acceptors (Lipinski definition) is 3. The van der Waals surface area contributed by atoms with E-state index in [0.717, 1.165) is 12.0 Å². The summed E-state index contributed by atoms with van der Waals surface area (Å²) in [6, 6.07) is 6.48. The van der Waals surface area contributed by atoms with Crippen molar-refractivity contribution < 1.29 is 4.79 Å². The molecule has 0 aliphatic heterocycles. The highest BCUT2D eigenvalue weighted by atomic mass is 35.5. The summed E-state index contributed by atoms with van der Waals surface area (Å²) in [5.74, 6) is 0.369. The summed E-state index contributed by atoms with van der Waals surface area (Å²) in [6.07, 6.45) is 3.11. The second-order valence-electron chi connectivity index (χ2n) is 4.99. The standard InChI is InChI=1S/C15H18Cl2N4O/c1-2-3-13(18)15(22)20-14-6-7-19-21(14)9-10-4-5-11(16)8-12(10)17/h4-8,13H,2-3,9,18H2,1H3,(H,20,22). The van der Waals surface area contributed by atoms with Gasteiger partial charge in [-0.2, -0.15) is 5.10 Å². The van der Waals surface area contributed by atoms with Crippen LogP contribution >= 0.6 is 23.2 Å². The number of hydrogen-bond donors (Lipinski definition) is 2. The molecular formula is C15H18Cl2N4O. The number of rotatable bonds is 6. The number of carbonyl (C=O) groups excluding carboxylic acids is 1. The van der Waals surface area contributed by atoms with E-state index in [2.05, 4.69) is 10.4 Å². The average Bonchev–Trinajstić information content (AvgIpc) is 2.89. The highest BCUT2D eigenvalue weighted by Gasteiger charge is 2.15. The van der Waals surface area contributed by atoms with Gasteiger partial charge in [0.05, 0.1) is 18.8 Å². The van der Waals surface area contributed by atoms with Crippen LogP contribution in [0.3, 0.4) is 0 Å². The van der Waals surface area contributed by atoms with Gasteiger partial charge in [0, 0.05) is 16.1 Å². The van der Waals surface area contributed by atoms with E-state index < -0.39 is 6.04 Å². The number of halogens is 2. The molecule has 22 heavy (non-hydrogen) atoms. The molecule has 1 aromatic carbocycles. The molecule has 5 nitrogen and oxygen atoms in total. The van der Waals surface area contributed by atoms with Gasteiger partial charge in [-0.3, -0.25) is 4.79 Å². The highest BCUT2D eigenvalue weighted by molar-refractivity contribution is 6.35. The van der Waals surface area contributed by atoms with Crippen molar-refractivity contribution in [2.45, 2.75) is 32.4 Å². The lowest BCUT2D eigenvalue weighted by molar-refractivity contribution is -0.117. The molecule has 2 aromatic rings. The molecule has 1 aromatic heterocycles. The molecule has 0 bridgehead atoms. The Hall–Kier alpha value is -1.56. The Morgan fingerprint density at radius 3 is 2.86 bits per heavy atom. The van der Waals surface area contributed by atoms with Crippen molar-refractivity contribution in [2.75, 3.05) is 5.32 Å². The van der Waals surface area contributed by atoms with Crippen molar-refractivity contribution in [1.82, 2.24) is 9.78 Å². The van der Waals surface area contributed by atoms with Crippen LogP contribution in [0.2, 0.25) is 10.0 Å². The molecule has 3 N–H and O–H groups in total. The quantitative estimate of drug-likeness (QED) is 0.847. The van der Waals surface area contributed by atoms with Gasteiger partial charge in [0.2, 0.25) is 5.91 Å². The first-order valence-electron chi connectivity index (χ1n) is 7.03. The molecule has 1 heterocycles. The topological polar surface area (TPSA) is 72.9 Å². The SMILES string of the molecule is CCCC(N)C(=O)Nc1ccnn1Cc1ccc(Cl)cc1Cl. The van der Waals surface area contributed by atoms with Crippen molar-refractivity contribution >= 4 is 34.9 Å². The monoisotopic (exact) mass is 340 g/mol. The molecular weight excluding hydrogens is 323 g/mol. The summed E-state index contributed by atoms with van der Waals surface area (Å²) in [5.41, 5.74) is 6.67. The minimum Gasteiger partial charge on any atom is -0.320 e. The normalized spacial score (nSPS) is 12.2. The van der Waals surface area contributed by atoms with Crippen LogP contribution in [0.5, 0.6) is 0 Å². The lowest BCUT2D eigenvalue weighted by Gasteiger charge is -2.13. The van der Waals surface area contributed by atoms with Crippen LogP contribution < -0.4 is 11.1 Å². The molecule has 1 unspecified atom stereocenters. The molecule has 2 rings (SSSR count). The summed E-state index contributed by atoms with van der Waals surface area (Å²) < 4.78 is 1.66. The predicted octanol–water partition coefficient (Wildman–Crippen LogP) is 3.30. The molecule has 118 valence electrons. The minimum absolute atomic E-state index is 0.217. The van der Waals surface area contributed by atoms with E-state index in [0.29, 0.717) is 28.8 Å². The van der Waals surface area contributed by atoms with Gasteiger partial charge in [0.25, 0.3) is 0 Å². The van der Waals surface area contributed by atoms with E-state index >= 15 is 0 Å². The van der Waals surface area contributed by atoms with Gasteiger partial charge in [-0.1, -0.05) is 42.6 Å². The number of carbonyl (C=O) groups is 1. The number of anilines is 1. The smallest absolute Gasteiger partial charge is 0.242 e. The maximum absolute atomic E-state index is 12.0. The van der Waals surface area contributed by atoms with Crippen molar-refractivity contribution in [3.05, 3.63) is 46.1 Å². The van der Waals surface area contributed by atoms with Crippen molar-refractivity contribution in [3.8, 4) is 0 Å². The van der Waals surface area contributed by atoms with E-state index in [9.17, 15) is 4.79 Å². The molecule has 0 spiro atoms. The van der Waals surface area contributed by atoms with E-state index in [1.807, 2.05) is 13.0 Å². The summed E-state index contributed by atoms with van der Waals surface area (Å²) >= 11 is 12.0. The maximum Gasteiger partial charge on any atom is 0.242 e. The predicted molar refractivity (Wildman–Crippen MR) is 89.3 cm³/mol. The molecule has 7 heteroatoms. The summed E-state index contributed by atoms with van der Waals surface area (Å²) in [6.45, 7) is 2.42. The lowest BCUT2D eigenvalue weighted by Crippen LogP contribution is -2.36. The molecule has 0 saturated heterocycles. The van der Waals surface area contributed by atoms with Crippen LogP contribution in [-0.2, 0) is 11.3 Å². The number of nitrogens with zero attached hydrogens (tertiary/aromatic N) is 2. The largest absolute Gasteiger partial charge is 0.320 e. The second-order valence-corrected chi connectivity index (χ2v) is 5.84. The van der Waals surface area contributed by atoms with Crippen LogP contribution in [0.25, 0.3) is 0 Å². The number of benzene rings is 1. The Morgan fingerprint density at radius 2 is 2.18 bits per heavy atom. The Kier molecular flexibility index (Phi) is 5.83. The summed E-state index contributed by atoms with van der Waals surface area (Å²) in [5, 5.41) is 8.13. The zero-order valence-corrected chi connectivity index (χ0v) is 13.7. The van der Waals surface area contributed by atoms with Crippen molar-refractivity contribution in [3.63, 3.8) is 0 Å². The number of aromatic nitrogens is 2. The Bertz CT molecular complexity index is 657. The van der Waals surface area contributed by atoms with E-state index in [4.69, 9.17) is 28.9 Å². The zero-order valence-electron chi connectivity index (χ0n) is 12.2. The Labute approximate surface area is 139 Å². The van der Waals surface area contributed by atoms with Gasteiger partial charge in [-0.15, -0.1) is 0 Å². The van der Waals surface area contributed by atoms with Crippen LogP contribution in [-0.4, -0.2) is 21.7 Å². The van der Waals surface area contributed by atoms with E-state index in [-0.39, 0.29) is 5.91 Å². The van der Waals surface area contributed by atoms with Gasteiger partial charge in [-0.25, -0.2) is 4.68 Å².